The third-order valence-electron chi connectivity index (χ3n) is 3.26. The van der Waals surface area contributed by atoms with Gasteiger partial charge in [0.05, 0.1) is 6.20 Å². The molecule has 4 heteroatoms. The third kappa shape index (κ3) is 3.64. The van der Waals surface area contributed by atoms with Crippen LogP contribution in [0.3, 0.4) is 0 Å². The first-order valence-corrected chi connectivity index (χ1v) is 6.83. The molecule has 2 aromatic rings. The van der Waals surface area contributed by atoms with Gasteiger partial charge in [-0.25, -0.2) is 0 Å². The molecule has 0 aromatic carbocycles. The lowest BCUT2D eigenvalue weighted by Gasteiger charge is -2.19. The molecule has 1 N–H and O–H groups in total. The number of rotatable bonds is 6. The largest absolute Gasteiger partial charge is 0.310 e. The minimum atomic E-state index is 0.304. The van der Waals surface area contributed by atoms with E-state index in [1.807, 2.05) is 30.2 Å². The van der Waals surface area contributed by atoms with Gasteiger partial charge in [0, 0.05) is 31.2 Å². The highest BCUT2D eigenvalue weighted by molar-refractivity contribution is 5.24. The Morgan fingerprint density at radius 2 is 2.26 bits per heavy atom. The lowest BCUT2D eigenvalue weighted by Crippen LogP contribution is -2.25. The number of aromatic nitrogens is 3. The molecule has 102 valence electrons. The molecule has 0 radical (unpaired) electrons. The molecule has 0 aliphatic rings. The summed E-state index contributed by atoms with van der Waals surface area (Å²) in [7, 11) is 1.95. The van der Waals surface area contributed by atoms with E-state index in [2.05, 4.69) is 41.5 Å². The number of aryl methyl sites for hydroxylation is 2. The molecule has 0 spiro atoms. The Balaban J connectivity index is 2.18. The van der Waals surface area contributed by atoms with Crippen LogP contribution in [0.1, 0.15) is 36.2 Å². The minimum Gasteiger partial charge on any atom is -0.310 e. The molecule has 1 unspecified atom stereocenters. The van der Waals surface area contributed by atoms with Crippen molar-refractivity contribution in [3.63, 3.8) is 0 Å². The molecule has 0 saturated heterocycles. The van der Waals surface area contributed by atoms with Gasteiger partial charge in [-0.05, 0) is 43.5 Å². The first kappa shape index (κ1) is 13.7. The summed E-state index contributed by atoms with van der Waals surface area (Å²) < 4.78 is 1.85. The van der Waals surface area contributed by atoms with Crippen molar-refractivity contribution in [1.29, 1.82) is 0 Å². The zero-order valence-electron chi connectivity index (χ0n) is 11.9. The van der Waals surface area contributed by atoms with Gasteiger partial charge in [0.1, 0.15) is 0 Å². The van der Waals surface area contributed by atoms with Gasteiger partial charge in [0.15, 0.2) is 0 Å². The molecule has 0 saturated carbocycles. The molecule has 0 bridgehead atoms. The van der Waals surface area contributed by atoms with Crippen molar-refractivity contribution >= 4 is 0 Å². The van der Waals surface area contributed by atoms with Crippen LogP contribution in [0.15, 0.2) is 30.7 Å². The Kier molecular flexibility index (Phi) is 4.68. The van der Waals surface area contributed by atoms with Crippen molar-refractivity contribution in [2.24, 2.45) is 7.05 Å². The van der Waals surface area contributed by atoms with Crippen LogP contribution in [0.2, 0.25) is 0 Å². The van der Waals surface area contributed by atoms with E-state index in [0.29, 0.717) is 6.04 Å². The maximum atomic E-state index is 4.39. The second-order valence-electron chi connectivity index (χ2n) is 4.91. The summed E-state index contributed by atoms with van der Waals surface area (Å²) in [4.78, 5) is 4.39. The van der Waals surface area contributed by atoms with Gasteiger partial charge in [-0.3, -0.25) is 9.67 Å². The zero-order chi connectivity index (χ0) is 13.7. The summed E-state index contributed by atoms with van der Waals surface area (Å²) in [5.74, 6) is 0. The van der Waals surface area contributed by atoms with E-state index in [-0.39, 0.29) is 0 Å². The number of hydrogen-bond donors (Lipinski definition) is 1. The number of nitrogens with one attached hydrogen (secondary N) is 1. The van der Waals surface area contributed by atoms with Crippen LogP contribution in [0.4, 0.5) is 0 Å². The van der Waals surface area contributed by atoms with Crippen LogP contribution in [0, 0.1) is 6.92 Å². The second-order valence-corrected chi connectivity index (χ2v) is 4.91. The van der Waals surface area contributed by atoms with E-state index in [1.165, 1.54) is 11.1 Å². The number of nitrogens with zero attached hydrogens (tertiary/aromatic N) is 3. The van der Waals surface area contributed by atoms with Crippen LogP contribution >= 0.6 is 0 Å². The molecule has 2 heterocycles. The lowest BCUT2D eigenvalue weighted by molar-refractivity contribution is 0.525. The fraction of sp³-hybridized carbons (Fsp3) is 0.467. The Bertz CT molecular complexity index is 518. The Hall–Kier alpha value is -1.68. The summed E-state index contributed by atoms with van der Waals surface area (Å²) in [6.45, 7) is 5.27. The van der Waals surface area contributed by atoms with Crippen molar-refractivity contribution in [2.75, 3.05) is 6.54 Å². The average Bonchev–Trinajstić information content (AvgIpc) is 2.81. The normalized spacial score (nSPS) is 12.6. The molecule has 0 aliphatic heterocycles. The zero-order valence-corrected chi connectivity index (χ0v) is 11.9. The molecule has 1 atom stereocenters. The molecule has 19 heavy (non-hydrogen) atoms. The second kappa shape index (κ2) is 6.48. The fourth-order valence-corrected chi connectivity index (χ4v) is 2.29. The third-order valence-corrected chi connectivity index (χ3v) is 3.26. The topological polar surface area (TPSA) is 42.7 Å². The van der Waals surface area contributed by atoms with E-state index in [1.54, 1.807) is 0 Å². The Morgan fingerprint density at radius 1 is 1.42 bits per heavy atom. The van der Waals surface area contributed by atoms with E-state index >= 15 is 0 Å². The van der Waals surface area contributed by atoms with Gasteiger partial charge >= 0.3 is 0 Å². The summed E-state index contributed by atoms with van der Waals surface area (Å²) in [5, 5.41) is 7.85. The average molecular weight is 258 g/mol. The van der Waals surface area contributed by atoms with Crippen molar-refractivity contribution in [1.82, 2.24) is 20.1 Å². The lowest BCUT2D eigenvalue weighted by atomic mass is 9.99. The van der Waals surface area contributed by atoms with Crippen LogP contribution in [-0.2, 0) is 13.5 Å². The van der Waals surface area contributed by atoms with Crippen LogP contribution in [0.5, 0.6) is 0 Å². The smallest absolute Gasteiger partial charge is 0.0522 e. The van der Waals surface area contributed by atoms with Gasteiger partial charge < -0.3 is 5.32 Å². The van der Waals surface area contributed by atoms with E-state index in [0.717, 1.165) is 25.1 Å². The van der Waals surface area contributed by atoms with Gasteiger partial charge in [-0.15, -0.1) is 0 Å². The molecule has 2 aromatic heterocycles. The van der Waals surface area contributed by atoms with E-state index in [4.69, 9.17) is 0 Å². The van der Waals surface area contributed by atoms with Gasteiger partial charge in [0.2, 0.25) is 0 Å². The van der Waals surface area contributed by atoms with Gasteiger partial charge in [-0.2, -0.15) is 5.10 Å². The van der Waals surface area contributed by atoms with Crippen molar-refractivity contribution in [2.45, 2.75) is 32.7 Å². The first-order valence-electron chi connectivity index (χ1n) is 6.83. The molecule has 0 amide bonds. The fourth-order valence-electron chi connectivity index (χ4n) is 2.29. The highest BCUT2D eigenvalue weighted by Crippen LogP contribution is 2.20. The van der Waals surface area contributed by atoms with Crippen LogP contribution in [0.25, 0.3) is 0 Å². The van der Waals surface area contributed by atoms with Crippen LogP contribution < -0.4 is 5.32 Å². The van der Waals surface area contributed by atoms with Crippen molar-refractivity contribution in [3.8, 4) is 0 Å². The van der Waals surface area contributed by atoms with Crippen molar-refractivity contribution in [3.05, 3.63) is 47.5 Å². The Labute approximate surface area is 114 Å². The molecular formula is C15H22N4. The number of pyridine rings is 1. The minimum absolute atomic E-state index is 0.304. The van der Waals surface area contributed by atoms with Crippen LogP contribution in [-0.4, -0.2) is 21.3 Å². The summed E-state index contributed by atoms with van der Waals surface area (Å²) in [6.07, 6.45) is 7.93. The molecule has 0 aliphatic carbocycles. The molecular weight excluding hydrogens is 236 g/mol. The Morgan fingerprint density at radius 3 is 2.89 bits per heavy atom. The summed E-state index contributed by atoms with van der Waals surface area (Å²) >= 11 is 0. The predicted octanol–water partition coefficient (Wildman–Crippen LogP) is 2.41. The molecule has 0 fully saturated rings. The highest BCUT2D eigenvalue weighted by atomic mass is 15.2. The monoisotopic (exact) mass is 258 g/mol. The standard InChI is InChI=1S/C15H22N4/c1-4-7-17-15(9-13-10-18-19(3)11-13)14-6-5-8-16-12(14)2/h5-6,8,10-11,15,17H,4,7,9H2,1-3H3. The molecule has 2 rings (SSSR count). The van der Waals surface area contributed by atoms with E-state index < -0.39 is 0 Å². The number of hydrogen-bond acceptors (Lipinski definition) is 3. The van der Waals surface area contributed by atoms with Gasteiger partial charge in [-0.1, -0.05) is 13.0 Å². The maximum absolute atomic E-state index is 4.39. The maximum Gasteiger partial charge on any atom is 0.0522 e. The van der Waals surface area contributed by atoms with Crippen molar-refractivity contribution < 1.29 is 0 Å². The predicted molar refractivity (Wildman–Crippen MR) is 76.9 cm³/mol. The molecule has 4 nitrogen and oxygen atoms in total. The summed E-state index contributed by atoms with van der Waals surface area (Å²) in [5.41, 5.74) is 3.62. The van der Waals surface area contributed by atoms with E-state index in [9.17, 15) is 0 Å². The highest BCUT2D eigenvalue weighted by Gasteiger charge is 2.14. The first-order chi connectivity index (χ1) is 9.20. The quantitative estimate of drug-likeness (QED) is 0.865. The summed E-state index contributed by atoms with van der Waals surface area (Å²) in [6, 6.07) is 4.47. The van der Waals surface area contributed by atoms with Gasteiger partial charge in [0.25, 0.3) is 0 Å². The SMILES string of the molecule is CCCNC(Cc1cnn(C)c1)c1cccnc1C.